The number of nitrogens with two attached hydrogens (primary N) is 1. The van der Waals surface area contributed by atoms with Crippen LogP contribution in [0.3, 0.4) is 0 Å². The normalized spacial score (nSPS) is 12.8. The van der Waals surface area contributed by atoms with E-state index in [9.17, 15) is 4.79 Å². The zero-order valence-corrected chi connectivity index (χ0v) is 12.2. The third-order valence-corrected chi connectivity index (χ3v) is 3.28. The summed E-state index contributed by atoms with van der Waals surface area (Å²) < 4.78 is 0. The number of amides is 1. The second-order valence-corrected chi connectivity index (χ2v) is 5.61. The Hall–Kier alpha value is -1.88. The SMILES string of the molecule is Cc1nc2ccc(NC(=O)C(CN)CC(C)C)cc2[nH]1. The van der Waals surface area contributed by atoms with Gasteiger partial charge in [0.2, 0.25) is 5.91 Å². The summed E-state index contributed by atoms with van der Waals surface area (Å²) in [6.45, 7) is 6.46. The van der Waals surface area contributed by atoms with Crippen LogP contribution < -0.4 is 11.1 Å². The van der Waals surface area contributed by atoms with E-state index in [0.717, 1.165) is 29.0 Å². The molecule has 20 heavy (non-hydrogen) atoms. The molecule has 0 aliphatic rings. The molecular weight excluding hydrogens is 252 g/mol. The van der Waals surface area contributed by atoms with Crippen molar-refractivity contribution in [2.75, 3.05) is 11.9 Å². The van der Waals surface area contributed by atoms with Gasteiger partial charge < -0.3 is 16.0 Å². The molecular formula is C15H22N4O. The quantitative estimate of drug-likeness (QED) is 0.783. The van der Waals surface area contributed by atoms with Gasteiger partial charge in [-0.2, -0.15) is 0 Å². The minimum atomic E-state index is -0.144. The lowest BCUT2D eigenvalue weighted by Crippen LogP contribution is -2.30. The lowest BCUT2D eigenvalue weighted by molar-refractivity contribution is -0.120. The molecule has 5 nitrogen and oxygen atoms in total. The Morgan fingerprint density at radius 1 is 1.45 bits per heavy atom. The number of aromatic amines is 1. The maximum absolute atomic E-state index is 12.2. The first-order valence-corrected chi connectivity index (χ1v) is 6.97. The third-order valence-electron chi connectivity index (χ3n) is 3.28. The highest BCUT2D eigenvalue weighted by atomic mass is 16.1. The Morgan fingerprint density at radius 3 is 2.85 bits per heavy atom. The highest BCUT2D eigenvalue weighted by Gasteiger charge is 2.18. The highest BCUT2D eigenvalue weighted by molar-refractivity contribution is 5.94. The number of benzene rings is 1. The van der Waals surface area contributed by atoms with Gasteiger partial charge in [0.15, 0.2) is 0 Å². The van der Waals surface area contributed by atoms with E-state index in [0.29, 0.717) is 12.5 Å². The highest BCUT2D eigenvalue weighted by Crippen LogP contribution is 2.19. The largest absolute Gasteiger partial charge is 0.342 e. The molecule has 1 amide bonds. The van der Waals surface area contributed by atoms with Crippen molar-refractivity contribution in [1.82, 2.24) is 9.97 Å². The topological polar surface area (TPSA) is 83.8 Å². The van der Waals surface area contributed by atoms with Gasteiger partial charge in [0.25, 0.3) is 0 Å². The number of imidazole rings is 1. The van der Waals surface area contributed by atoms with Crippen LogP contribution in [0.2, 0.25) is 0 Å². The second-order valence-electron chi connectivity index (χ2n) is 5.61. The molecule has 1 atom stereocenters. The summed E-state index contributed by atoms with van der Waals surface area (Å²) in [6, 6.07) is 5.66. The Balaban J connectivity index is 2.12. The van der Waals surface area contributed by atoms with Crippen molar-refractivity contribution in [1.29, 1.82) is 0 Å². The third kappa shape index (κ3) is 3.36. The number of anilines is 1. The first kappa shape index (κ1) is 14.5. The molecule has 108 valence electrons. The van der Waals surface area contributed by atoms with Gasteiger partial charge in [0.1, 0.15) is 5.82 Å². The summed E-state index contributed by atoms with van der Waals surface area (Å²) in [5, 5.41) is 2.93. The first-order valence-electron chi connectivity index (χ1n) is 6.97. The molecule has 0 fully saturated rings. The summed E-state index contributed by atoms with van der Waals surface area (Å²) in [6.07, 6.45) is 0.799. The number of carbonyl (C=O) groups excluding carboxylic acids is 1. The number of aromatic nitrogens is 2. The summed E-state index contributed by atoms with van der Waals surface area (Å²) >= 11 is 0. The van der Waals surface area contributed by atoms with Gasteiger partial charge in [-0.05, 0) is 37.5 Å². The fourth-order valence-corrected chi connectivity index (χ4v) is 2.34. The van der Waals surface area contributed by atoms with Crippen LogP contribution in [0, 0.1) is 18.8 Å². The van der Waals surface area contributed by atoms with Crippen LogP contribution in [0.15, 0.2) is 18.2 Å². The van der Waals surface area contributed by atoms with Gasteiger partial charge >= 0.3 is 0 Å². The van der Waals surface area contributed by atoms with Crippen LogP contribution in [0.4, 0.5) is 5.69 Å². The van der Waals surface area contributed by atoms with Crippen molar-refractivity contribution >= 4 is 22.6 Å². The molecule has 2 rings (SSSR count). The molecule has 0 radical (unpaired) electrons. The second kappa shape index (κ2) is 6.05. The predicted molar refractivity (Wildman–Crippen MR) is 81.5 cm³/mol. The number of H-pyrrole nitrogens is 1. The summed E-state index contributed by atoms with van der Waals surface area (Å²) in [4.78, 5) is 19.7. The van der Waals surface area contributed by atoms with Crippen LogP contribution in [-0.4, -0.2) is 22.4 Å². The van der Waals surface area contributed by atoms with E-state index < -0.39 is 0 Å². The summed E-state index contributed by atoms with van der Waals surface area (Å²) in [7, 11) is 0. The van der Waals surface area contributed by atoms with Crippen molar-refractivity contribution in [3.63, 3.8) is 0 Å². The minimum absolute atomic E-state index is 0.0169. The summed E-state index contributed by atoms with van der Waals surface area (Å²) in [5.74, 6) is 1.15. The monoisotopic (exact) mass is 274 g/mol. The van der Waals surface area contributed by atoms with E-state index in [2.05, 4.69) is 29.1 Å². The van der Waals surface area contributed by atoms with Gasteiger partial charge in [-0.25, -0.2) is 4.98 Å². The van der Waals surface area contributed by atoms with Crippen molar-refractivity contribution < 1.29 is 4.79 Å². The smallest absolute Gasteiger partial charge is 0.228 e. The Bertz CT molecular complexity index is 603. The van der Waals surface area contributed by atoms with Gasteiger partial charge in [0.05, 0.1) is 17.0 Å². The molecule has 0 spiro atoms. The van der Waals surface area contributed by atoms with Crippen molar-refractivity contribution in [2.45, 2.75) is 27.2 Å². The maximum Gasteiger partial charge on any atom is 0.228 e. The number of nitrogens with zero attached hydrogens (tertiary/aromatic N) is 1. The Morgan fingerprint density at radius 2 is 2.20 bits per heavy atom. The van der Waals surface area contributed by atoms with Crippen LogP contribution in [0.25, 0.3) is 11.0 Å². The maximum atomic E-state index is 12.2. The lowest BCUT2D eigenvalue weighted by Gasteiger charge is -2.16. The molecule has 5 heteroatoms. The number of fused-ring (bicyclic) bond motifs is 1. The molecule has 0 saturated heterocycles. The number of rotatable bonds is 5. The average Bonchev–Trinajstić information content (AvgIpc) is 2.74. The molecule has 4 N–H and O–H groups in total. The number of hydrogen-bond donors (Lipinski definition) is 3. The van der Waals surface area contributed by atoms with Crippen LogP contribution in [-0.2, 0) is 4.79 Å². The molecule has 0 aliphatic heterocycles. The molecule has 0 aliphatic carbocycles. The molecule has 1 heterocycles. The van der Waals surface area contributed by atoms with E-state index in [1.165, 1.54) is 0 Å². The van der Waals surface area contributed by atoms with E-state index in [4.69, 9.17) is 5.73 Å². The molecule has 0 saturated carbocycles. The van der Waals surface area contributed by atoms with Gasteiger partial charge in [-0.1, -0.05) is 13.8 Å². The van der Waals surface area contributed by atoms with Gasteiger partial charge in [-0.3, -0.25) is 4.79 Å². The predicted octanol–water partition coefficient (Wildman–Crippen LogP) is 2.43. The molecule has 0 bridgehead atoms. The van der Waals surface area contributed by atoms with Crippen LogP contribution in [0.5, 0.6) is 0 Å². The van der Waals surface area contributed by atoms with Crippen LogP contribution in [0.1, 0.15) is 26.1 Å². The minimum Gasteiger partial charge on any atom is -0.342 e. The van der Waals surface area contributed by atoms with E-state index in [1.54, 1.807) is 0 Å². The van der Waals surface area contributed by atoms with Crippen molar-refractivity contribution in [3.05, 3.63) is 24.0 Å². The number of nitrogens with one attached hydrogen (secondary N) is 2. The fraction of sp³-hybridized carbons (Fsp3) is 0.467. The number of aryl methyl sites for hydroxylation is 1. The Labute approximate surface area is 119 Å². The molecule has 1 unspecified atom stereocenters. The van der Waals surface area contributed by atoms with Crippen molar-refractivity contribution in [2.24, 2.45) is 17.6 Å². The van der Waals surface area contributed by atoms with E-state index in [1.807, 2.05) is 25.1 Å². The molecule has 1 aromatic carbocycles. The van der Waals surface area contributed by atoms with E-state index in [-0.39, 0.29) is 11.8 Å². The van der Waals surface area contributed by atoms with Gasteiger partial charge in [0, 0.05) is 12.2 Å². The molecule has 1 aromatic heterocycles. The first-order chi connectivity index (χ1) is 9.49. The van der Waals surface area contributed by atoms with Gasteiger partial charge in [-0.15, -0.1) is 0 Å². The number of hydrogen-bond acceptors (Lipinski definition) is 3. The zero-order valence-electron chi connectivity index (χ0n) is 12.2. The zero-order chi connectivity index (χ0) is 14.7. The van der Waals surface area contributed by atoms with Crippen molar-refractivity contribution in [3.8, 4) is 0 Å². The fourth-order valence-electron chi connectivity index (χ4n) is 2.34. The van der Waals surface area contributed by atoms with E-state index >= 15 is 0 Å². The molecule has 2 aromatic rings. The Kier molecular flexibility index (Phi) is 4.39. The van der Waals surface area contributed by atoms with Crippen LogP contribution >= 0.6 is 0 Å². The standard InChI is InChI=1S/C15H22N4O/c1-9(2)6-11(8-16)15(20)19-12-4-5-13-14(7-12)18-10(3)17-13/h4-5,7,9,11H,6,8,16H2,1-3H3,(H,17,18)(H,19,20). The lowest BCUT2D eigenvalue weighted by atomic mass is 9.96. The number of carbonyl (C=O) groups is 1. The summed E-state index contributed by atoms with van der Waals surface area (Å²) in [5.41, 5.74) is 8.29. The average molecular weight is 274 g/mol.